The first kappa shape index (κ1) is 57.5. The Bertz CT molecular complexity index is 2740. The molecule has 2 heterocycles. The standard InChI is InChI=1S/C67H74O12/c1-69-66-64(76-47-55-35-19-7-20-36-55)62(74-45-53-31-15-5-16-32-53)60(72-43-51-27-11-3-12-28-51)58(78-66)41-57(68)39-23-24-40-71-67-65(77-48-56-37-21-8-22-38-56)63(75-46-54-33-17-6-18-34-54)61(73-44-52-29-13-4-14-30-52)59(79-67)49-70-42-50-25-9-2-10-26-50/h2-38,57-68H,39-49H2,1H3/b24-23+/t57-,58-,59-,60-,61-,62+,63+,64-,65-,66+,67-/m1/s1. The molecule has 0 spiro atoms. The van der Waals surface area contributed by atoms with E-state index in [0.717, 1.165) is 38.9 Å². The quantitative estimate of drug-likeness (QED) is 0.0432. The van der Waals surface area contributed by atoms with E-state index in [9.17, 15) is 5.11 Å². The van der Waals surface area contributed by atoms with Crippen LogP contribution >= 0.6 is 0 Å². The first-order valence-corrected chi connectivity index (χ1v) is 27.4. The van der Waals surface area contributed by atoms with Gasteiger partial charge in [-0.05, 0) is 45.4 Å². The summed E-state index contributed by atoms with van der Waals surface area (Å²) in [5, 5.41) is 11.9. The average Bonchev–Trinajstić information content (AvgIpc) is 3.51. The summed E-state index contributed by atoms with van der Waals surface area (Å²) >= 11 is 0. The maximum absolute atomic E-state index is 11.9. The molecular weight excluding hydrogens is 997 g/mol. The molecule has 12 heteroatoms. The van der Waals surface area contributed by atoms with Gasteiger partial charge in [0.2, 0.25) is 0 Å². The van der Waals surface area contributed by atoms with E-state index in [-0.39, 0.29) is 26.2 Å². The van der Waals surface area contributed by atoms with E-state index in [2.05, 4.69) is 0 Å². The summed E-state index contributed by atoms with van der Waals surface area (Å²) in [6, 6.07) is 70.2. The van der Waals surface area contributed by atoms with Gasteiger partial charge in [-0.15, -0.1) is 0 Å². The highest BCUT2D eigenvalue weighted by Crippen LogP contribution is 2.35. The van der Waals surface area contributed by atoms with Gasteiger partial charge in [0.25, 0.3) is 0 Å². The van der Waals surface area contributed by atoms with E-state index in [1.165, 1.54) is 0 Å². The molecule has 0 aromatic heterocycles. The van der Waals surface area contributed by atoms with Gasteiger partial charge in [-0.3, -0.25) is 0 Å². The van der Waals surface area contributed by atoms with Gasteiger partial charge in [0, 0.05) is 13.5 Å². The van der Waals surface area contributed by atoms with E-state index in [0.29, 0.717) is 46.1 Å². The fourth-order valence-corrected chi connectivity index (χ4v) is 9.84. The first-order valence-electron chi connectivity index (χ1n) is 27.4. The van der Waals surface area contributed by atoms with Crippen LogP contribution in [0.4, 0.5) is 0 Å². The molecule has 7 aromatic rings. The average molecular weight is 1070 g/mol. The molecule has 0 aliphatic carbocycles. The molecular formula is C67H74O12. The van der Waals surface area contributed by atoms with Gasteiger partial charge in [0.05, 0.1) is 71.7 Å². The van der Waals surface area contributed by atoms with E-state index < -0.39 is 67.5 Å². The van der Waals surface area contributed by atoms with Gasteiger partial charge >= 0.3 is 0 Å². The van der Waals surface area contributed by atoms with Crippen molar-refractivity contribution in [1.29, 1.82) is 0 Å². The number of benzene rings is 7. The lowest BCUT2D eigenvalue weighted by atomic mass is 9.93. The molecule has 9 rings (SSSR count). The molecule has 2 saturated heterocycles. The van der Waals surface area contributed by atoms with Crippen LogP contribution in [0.15, 0.2) is 224 Å². The SMILES string of the molecule is CO[C@H]1O[C@H](C[C@H](O)C/C=C/CO[C@@H]2O[C@H](COCc3ccccc3)[C@@H](OCc3ccccc3)[C@H](OCc3ccccc3)[C@H]2OCc2ccccc2)[C@@H](OCc2ccccc2)[C@H](OCc2ccccc2)[C@H]1OCc1ccccc1. The lowest BCUT2D eigenvalue weighted by molar-refractivity contribution is -0.326. The Morgan fingerprint density at radius 3 is 1.06 bits per heavy atom. The van der Waals surface area contributed by atoms with Crippen molar-refractivity contribution in [2.24, 2.45) is 0 Å². The Morgan fingerprint density at radius 2 is 0.684 bits per heavy atom. The largest absolute Gasteiger partial charge is 0.393 e. The molecule has 0 bridgehead atoms. The van der Waals surface area contributed by atoms with E-state index in [4.69, 9.17) is 52.1 Å². The zero-order valence-corrected chi connectivity index (χ0v) is 44.9. The number of hydrogen-bond acceptors (Lipinski definition) is 12. The van der Waals surface area contributed by atoms with Crippen LogP contribution < -0.4 is 0 Å². The van der Waals surface area contributed by atoms with Crippen LogP contribution in [0.3, 0.4) is 0 Å². The van der Waals surface area contributed by atoms with Gasteiger partial charge in [0.15, 0.2) is 12.6 Å². The van der Waals surface area contributed by atoms with Gasteiger partial charge in [-0.1, -0.05) is 224 Å². The topological polar surface area (TPSA) is 122 Å². The van der Waals surface area contributed by atoms with Crippen LogP contribution in [0.5, 0.6) is 0 Å². The highest BCUT2D eigenvalue weighted by molar-refractivity contribution is 5.19. The third-order valence-corrected chi connectivity index (χ3v) is 14.0. The Kier molecular flexibility index (Phi) is 23.0. The molecule has 2 aliphatic heterocycles. The number of methoxy groups -OCH3 is 1. The molecule has 11 atom stereocenters. The summed E-state index contributed by atoms with van der Waals surface area (Å²) in [5.74, 6) is 0. The maximum Gasteiger partial charge on any atom is 0.187 e. The molecule has 7 aromatic carbocycles. The number of aliphatic hydroxyl groups excluding tert-OH is 1. The molecule has 2 fully saturated rings. The number of hydrogen-bond donors (Lipinski definition) is 1. The van der Waals surface area contributed by atoms with E-state index in [1.54, 1.807) is 7.11 Å². The molecule has 0 saturated carbocycles. The van der Waals surface area contributed by atoms with Crippen LogP contribution in [-0.2, 0) is 98.4 Å². The number of rotatable bonds is 30. The van der Waals surface area contributed by atoms with Gasteiger partial charge in [-0.2, -0.15) is 0 Å². The van der Waals surface area contributed by atoms with E-state index >= 15 is 0 Å². The summed E-state index contributed by atoms with van der Waals surface area (Å²) < 4.78 is 73.5. The zero-order chi connectivity index (χ0) is 54.1. The van der Waals surface area contributed by atoms with Gasteiger partial charge < -0.3 is 57.2 Å². The highest BCUT2D eigenvalue weighted by Gasteiger charge is 2.50. The normalized spacial score (nSPS) is 23.6. The second kappa shape index (κ2) is 31.6. The molecule has 12 nitrogen and oxygen atoms in total. The van der Waals surface area contributed by atoms with Crippen molar-refractivity contribution in [2.45, 2.75) is 127 Å². The third kappa shape index (κ3) is 17.9. The highest BCUT2D eigenvalue weighted by atomic mass is 16.7. The van der Waals surface area contributed by atoms with Crippen LogP contribution in [-0.4, -0.2) is 92.9 Å². The molecule has 1 N–H and O–H groups in total. The summed E-state index contributed by atoms with van der Waals surface area (Å²) in [5.41, 5.74) is 7.04. The lowest BCUT2D eigenvalue weighted by Gasteiger charge is -2.46. The van der Waals surface area contributed by atoms with Crippen LogP contribution in [0.25, 0.3) is 0 Å². The Labute approximate surface area is 465 Å². The van der Waals surface area contributed by atoms with Crippen molar-refractivity contribution in [3.63, 3.8) is 0 Å². The third-order valence-electron chi connectivity index (χ3n) is 14.0. The molecule has 79 heavy (non-hydrogen) atoms. The van der Waals surface area contributed by atoms with E-state index in [1.807, 2.05) is 224 Å². The van der Waals surface area contributed by atoms with Crippen LogP contribution in [0.1, 0.15) is 51.8 Å². The Balaban J connectivity index is 0.922. The fourth-order valence-electron chi connectivity index (χ4n) is 9.84. The summed E-state index contributed by atoms with van der Waals surface area (Å²) in [6.07, 6.45) is -3.37. The van der Waals surface area contributed by atoms with Crippen molar-refractivity contribution in [3.05, 3.63) is 263 Å². The Morgan fingerprint density at radius 1 is 0.367 bits per heavy atom. The number of ether oxygens (including phenoxy) is 11. The molecule has 0 amide bonds. The molecule has 414 valence electrons. The van der Waals surface area contributed by atoms with Crippen molar-refractivity contribution in [3.8, 4) is 0 Å². The van der Waals surface area contributed by atoms with Gasteiger partial charge in [-0.25, -0.2) is 0 Å². The lowest BCUT2D eigenvalue weighted by Crippen LogP contribution is -2.61. The Hall–Kier alpha value is -6.20. The summed E-state index contributed by atoms with van der Waals surface area (Å²) in [6.45, 7) is 2.55. The monoisotopic (exact) mass is 1070 g/mol. The van der Waals surface area contributed by atoms with Crippen molar-refractivity contribution in [2.75, 3.05) is 20.3 Å². The fraction of sp³-hybridized carbons (Fsp3) is 0.343. The predicted octanol–water partition coefficient (Wildman–Crippen LogP) is 11.5. The predicted molar refractivity (Wildman–Crippen MR) is 301 cm³/mol. The minimum atomic E-state index is -0.894. The second-order valence-electron chi connectivity index (χ2n) is 19.8. The second-order valence-corrected chi connectivity index (χ2v) is 19.8. The molecule has 2 aliphatic rings. The maximum atomic E-state index is 11.9. The van der Waals surface area contributed by atoms with Crippen molar-refractivity contribution < 1.29 is 57.2 Å². The molecule has 0 radical (unpaired) electrons. The molecule has 0 unspecified atom stereocenters. The summed E-state index contributed by atoms with van der Waals surface area (Å²) in [4.78, 5) is 0. The summed E-state index contributed by atoms with van der Waals surface area (Å²) in [7, 11) is 1.60. The van der Waals surface area contributed by atoms with Gasteiger partial charge in [0.1, 0.15) is 42.7 Å². The smallest absolute Gasteiger partial charge is 0.187 e. The van der Waals surface area contributed by atoms with Crippen molar-refractivity contribution >= 4 is 0 Å². The van der Waals surface area contributed by atoms with Crippen LogP contribution in [0.2, 0.25) is 0 Å². The zero-order valence-electron chi connectivity index (χ0n) is 44.9. The first-order chi connectivity index (χ1) is 39.1. The van der Waals surface area contributed by atoms with Crippen molar-refractivity contribution in [1.82, 2.24) is 0 Å². The van der Waals surface area contributed by atoms with Crippen LogP contribution in [0, 0.1) is 0 Å². The minimum absolute atomic E-state index is 0.144. The minimum Gasteiger partial charge on any atom is -0.393 e. The number of aliphatic hydroxyl groups is 1.